The van der Waals surface area contributed by atoms with E-state index in [0.717, 1.165) is 19.7 Å². The van der Waals surface area contributed by atoms with Gasteiger partial charge < -0.3 is 4.52 Å². The second-order valence-electron chi connectivity index (χ2n) is 4.01. The van der Waals surface area contributed by atoms with Gasteiger partial charge in [-0.2, -0.15) is 0 Å². The molecule has 1 heterocycles. The lowest BCUT2D eigenvalue weighted by Crippen LogP contribution is -2.35. The highest BCUT2D eigenvalue weighted by atomic mass is 31.2. The number of hydrogen-bond acceptors (Lipinski definition) is 3. The van der Waals surface area contributed by atoms with Crippen LogP contribution in [-0.4, -0.2) is 41.1 Å². The quantitative estimate of drug-likeness (QED) is 0.675. The van der Waals surface area contributed by atoms with Gasteiger partial charge in [0.05, 0.1) is 6.61 Å². The molecule has 1 rings (SSSR count). The van der Waals surface area contributed by atoms with Crippen molar-refractivity contribution in [3.63, 3.8) is 0 Å². The van der Waals surface area contributed by atoms with E-state index in [-0.39, 0.29) is 0 Å². The van der Waals surface area contributed by atoms with E-state index in [1.807, 2.05) is 0 Å². The molecule has 0 amide bonds. The highest BCUT2D eigenvalue weighted by Crippen LogP contribution is 2.52. The van der Waals surface area contributed by atoms with Crippen molar-refractivity contribution < 1.29 is 4.52 Å². The van der Waals surface area contributed by atoms with E-state index in [1.54, 1.807) is 0 Å². The molecule has 0 aromatic heterocycles. The van der Waals surface area contributed by atoms with E-state index in [9.17, 15) is 0 Å². The predicted octanol–water partition coefficient (Wildman–Crippen LogP) is 2.68. The van der Waals surface area contributed by atoms with Gasteiger partial charge in [0.15, 0.2) is 8.45 Å². The zero-order chi connectivity index (χ0) is 10.7. The molecule has 1 aliphatic heterocycles. The van der Waals surface area contributed by atoms with Gasteiger partial charge >= 0.3 is 0 Å². The maximum atomic E-state index is 5.90. The molecule has 3 nitrogen and oxygen atoms in total. The Bertz CT molecular complexity index is 174. The number of hydrogen-bond donors (Lipinski definition) is 0. The number of nitrogens with zero attached hydrogens (tertiary/aromatic N) is 2. The van der Waals surface area contributed by atoms with Gasteiger partial charge in [0, 0.05) is 25.2 Å². The Balaban J connectivity index is 2.67. The average molecular weight is 218 g/mol. The lowest BCUT2D eigenvalue weighted by atomic mass is 10.3. The summed E-state index contributed by atoms with van der Waals surface area (Å²) < 4.78 is 10.8. The summed E-state index contributed by atoms with van der Waals surface area (Å²) in [6.45, 7) is 14.2. The standard InChI is InChI=1S/C10H23N2OP/c1-6-11(7-2)14-12(9(3)4)10(5)8-13-14/h9-10H,6-8H2,1-5H3/t10-,14?/m0/s1. The van der Waals surface area contributed by atoms with Gasteiger partial charge in [-0.15, -0.1) is 0 Å². The highest BCUT2D eigenvalue weighted by molar-refractivity contribution is 7.47. The summed E-state index contributed by atoms with van der Waals surface area (Å²) >= 11 is 0. The van der Waals surface area contributed by atoms with Gasteiger partial charge in [-0.1, -0.05) is 13.8 Å². The van der Waals surface area contributed by atoms with Crippen LogP contribution in [0.4, 0.5) is 0 Å². The maximum Gasteiger partial charge on any atom is 0.188 e. The van der Waals surface area contributed by atoms with Crippen LogP contribution in [0.2, 0.25) is 0 Å². The molecule has 0 aromatic rings. The Morgan fingerprint density at radius 2 is 2.00 bits per heavy atom. The van der Waals surface area contributed by atoms with Crippen LogP contribution in [0.3, 0.4) is 0 Å². The molecular weight excluding hydrogens is 195 g/mol. The van der Waals surface area contributed by atoms with Crippen molar-refractivity contribution in [3.05, 3.63) is 0 Å². The normalized spacial score (nSPS) is 29.4. The third-order valence-corrected chi connectivity index (χ3v) is 5.26. The zero-order valence-corrected chi connectivity index (χ0v) is 10.9. The minimum absolute atomic E-state index is 0.484. The van der Waals surface area contributed by atoms with Crippen LogP contribution < -0.4 is 0 Å². The molecule has 2 atom stereocenters. The van der Waals surface area contributed by atoms with Crippen LogP contribution in [0, 0.1) is 0 Å². The van der Waals surface area contributed by atoms with E-state index in [1.165, 1.54) is 0 Å². The second-order valence-corrected chi connectivity index (χ2v) is 5.80. The first-order valence-electron chi connectivity index (χ1n) is 5.57. The second kappa shape index (κ2) is 5.41. The molecule has 1 fully saturated rings. The minimum atomic E-state index is -0.484. The Kier molecular flexibility index (Phi) is 4.78. The molecule has 1 aliphatic rings. The van der Waals surface area contributed by atoms with E-state index in [4.69, 9.17) is 4.52 Å². The maximum absolute atomic E-state index is 5.90. The summed E-state index contributed by atoms with van der Waals surface area (Å²) in [5, 5.41) is 0. The summed E-state index contributed by atoms with van der Waals surface area (Å²) in [5.41, 5.74) is 0. The molecule has 14 heavy (non-hydrogen) atoms. The Morgan fingerprint density at radius 1 is 1.43 bits per heavy atom. The fraction of sp³-hybridized carbons (Fsp3) is 1.00. The van der Waals surface area contributed by atoms with E-state index in [2.05, 4.69) is 44.0 Å². The van der Waals surface area contributed by atoms with Gasteiger partial charge in [0.2, 0.25) is 0 Å². The average Bonchev–Trinajstić information content (AvgIpc) is 2.50. The largest absolute Gasteiger partial charge is 0.330 e. The first-order chi connectivity index (χ1) is 6.61. The van der Waals surface area contributed by atoms with Crippen molar-refractivity contribution in [1.29, 1.82) is 0 Å². The Labute approximate surface area is 89.3 Å². The first-order valence-corrected chi connectivity index (χ1v) is 6.74. The molecular formula is C10H23N2OP. The highest BCUT2D eigenvalue weighted by Gasteiger charge is 2.37. The third-order valence-electron chi connectivity index (χ3n) is 2.58. The van der Waals surface area contributed by atoms with Crippen molar-refractivity contribution >= 4 is 8.45 Å². The summed E-state index contributed by atoms with van der Waals surface area (Å²) in [6.07, 6.45) is 0. The van der Waals surface area contributed by atoms with Crippen LogP contribution in [-0.2, 0) is 4.52 Å². The summed E-state index contributed by atoms with van der Waals surface area (Å²) in [4.78, 5) is 0. The molecule has 1 saturated heterocycles. The van der Waals surface area contributed by atoms with Crippen LogP contribution in [0.1, 0.15) is 34.6 Å². The van der Waals surface area contributed by atoms with E-state index < -0.39 is 8.45 Å². The van der Waals surface area contributed by atoms with Crippen molar-refractivity contribution in [2.45, 2.75) is 46.7 Å². The van der Waals surface area contributed by atoms with Gasteiger partial charge in [-0.25, -0.2) is 9.34 Å². The lowest BCUT2D eigenvalue weighted by molar-refractivity contribution is 0.299. The van der Waals surface area contributed by atoms with Crippen molar-refractivity contribution in [3.8, 4) is 0 Å². The van der Waals surface area contributed by atoms with Crippen molar-refractivity contribution in [1.82, 2.24) is 9.34 Å². The topological polar surface area (TPSA) is 15.7 Å². The van der Waals surface area contributed by atoms with Crippen LogP contribution in [0.5, 0.6) is 0 Å². The van der Waals surface area contributed by atoms with Gasteiger partial charge in [-0.3, -0.25) is 0 Å². The van der Waals surface area contributed by atoms with Crippen LogP contribution in [0.25, 0.3) is 0 Å². The van der Waals surface area contributed by atoms with Crippen LogP contribution >= 0.6 is 8.45 Å². The van der Waals surface area contributed by atoms with E-state index >= 15 is 0 Å². The number of rotatable bonds is 4. The minimum Gasteiger partial charge on any atom is -0.330 e. The molecule has 1 unspecified atom stereocenters. The van der Waals surface area contributed by atoms with Crippen LogP contribution in [0.15, 0.2) is 0 Å². The predicted molar refractivity (Wildman–Crippen MR) is 62.2 cm³/mol. The molecule has 0 bridgehead atoms. The van der Waals surface area contributed by atoms with Crippen molar-refractivity contribution in [2.24, 2.45) is 0 Å². The molecule has 0 spiro atoms. The van der Waals surface area contributed by atoms with Gasteiger partial charge in [0.1, 0.15) is 0 Å². The Morgan fingerprint density at radius 3 is 2.43 bits per heavy atom. The molecule has 0 saturated carbocycles. The summed E-state index contributed by atoms with van der Waals surface area (Å²) in [5.74, 6) is 0. The third kappa shape index (κ3) is 2.46. The first kappa shape index (κ1) is 12.4. The smallest absolute Gasteiger partial charge is 0.188 e. The van der Waals surface area contributed by atoms with E-state index in [0.29, 0.717) is 12.1 Å². The molecule has 0 N–H and O–H groups in total. The molecule has 4 heteroatoms. The summed E-state index contributed by atoms with van der Waals surface area (Å²) in [7, 11) is -0.484. The fourth-order valence-electron chi connectivity index (χ4n) is 1.89. The molecule has 84 valence electrons. The lowest BCUT2D eigenvalue weighted by Gasteiger charge is -2.34. The monoisotopic (exact) mass is 218 g/mol. The zero-order valence-electron chi connectivity index (χ0n) is 10.0. The molecule has 0 aliphatic carbocycles. The fourth-order valence-corrected chi connectivity index (χ4v) is 4.11. The molecule has 0 aromatic carbocycles. The van der Waals surface area contributed by atoms with Gasteiger partial charge in [-0.05, 0) is 20.8 Å². The Hall–Kier alpha value is 0.310. The van der Waals surface area contributed by atoms with Gasteiger partial charge in [0.25, 0.3) is 0 Å². The SMILES string of the molecule is CCN(CC)P1OC[C@H](C)N1C(C)C. The summed E-state index contributed by atoms with van der Waals surface area (Å²) in [6, 6.07) is 1.15. The molecule has 0 radical (unpaired) electrons. The van der Waals surface area contributed by atoms with Crippen molar-refractivity contribution in [2.75, 3.05) is 19.7 Å².